The average Bonchev–Trinajstić information content (AvgIpc) is 2.65. The first kappa shape index (κ1) is 29.9. The van der Waals surface area contributed by atoms with Crippen molar-refractivity contribution in [1.82, 2.24) is 4.90 Å². The second-order valence-corrected chi connectivity index (χ2v) is 6.56. The predicted octanol–water partition coefficient (Wildman–Crippen LogP) is 8.44. The minimum Gasteiger partial charge on any atom is -0.299 e. The Hall–Kier alpha value is -0.820. The lowest BCUT2D eigenvalue weighted by molar-refractivity contribution is 0.246. The average molecular weight is 366 g/mol. The van der Waals surface area contributed by atoms with E-state index < -0.39 is 0 Å². The van der Waals surface area contributed by atoms with Gasteiger partial charge in [-0.05, 0) is 51.6 Å². The zero-order valence-corrected chi connectivity index (χ0v) is 18.5. The molecule has 26 heavy (non-hydrogen) atoms. The standard InChI is InChI=1S/C20H35N.2C2H6.CH4/c1-5-11-20(12-6-2)19(4)14-10-13-18(3)17-21-15-8-7-9-16-21;2*1-2;/h10,13-14,20H,4-9,11-12,15-17H2,1-3H3;2*1-2H3;1H4/b14-10-,18-13+;;;. The van der Waals surface area contributed by atoms with Gasteiger partial charge in [0.1, 0.15) is 0 Å². The maximum atomic E-state index is 4.28. The summed E-state index contributed by atoms with van der Waals surface area (Å²) in [7, 11) is 0. The molecule has 1 aliphatic rings. The molecule has 0 aromatic rings. The van der Waals surface area contributed by atoms with Crippen molar-refractivity contribution in [2.45, 2.75) is 101 Å². The minimum atomic E-state index is 0. The number of piperidine rings is 1. The fourth-order valence-corrected chi connectivity index (χ4v) is 3.21. The van der Waals surface area contributed by atoms with Crippen LogP contribution in [0.1, 0.15) is 101 Å². The summed E-state index contributed by atoms with van der Waals surface area (Å²) >= 11 is 0. The van der Waals surface area contributed by atoms with Gasteiger partial charge in [-0.1, -0.05) is 104 Å². The first-order valence-electron chi connectivity index (χ1n) is 10.9. The number of nitrogens with zero attached hydrogens (tertiary/aromatic N) is 1. The van der Waals surface area contributed by atoms with Gasteiger partial charge in [0.15, 0.2) is 0 Å². The van der Waals surface area contributed by atoms with Gasteiger partial charge in [0, 0.05) is 6.54 Å². The molecule has 0 aromatic carbocycles. The predicted molar refractivity (Wildman–Crippen MR) is 125 cm³/mol. The van der Waals surface area contributed by atoms with Crippen LogP contribution in [0.2, 0.25) is 0 Å². The number of allylic oxidation sites excluding steroid dienone is 4. The van der Waals surface area contributed by atoms with Crippen LogP contribution in [0.5, 0.6) is 0 Å². The summed E-state index contributed by atoms with van der Waals surface area (Å²) in [5.74, 6) is 0.673. The molecule has 0 saturated carbocycles. The first-order chi connectivity index (χ1) is 12.2. The molecule has 1 aliphatic heterocycles. The summed E-state index contributed by atoms with van der Waals surface area (Å²) in [4.78, 5) is 2.58. The van der Waals surface area contributed by atoms with Crippen molar-refractivity contribution in [2.75, 3.05) is 19.6 Å². The zero-order chi connectivity index (χ0) is 19.5. The summed E-state index contributed by atoms with van der Waals surface area (Å²) < 4.78 is 0. The van der Waals surface area contributed by atoms with E-state index in [1.165, 1.54) is 69.2 Å². The molecular weight excluding hydrogens is 314 g/mol. The van der Waals surface area contributed by atoms with Crippen LogP contribution in [0.3, 0.4) is 0 Å². The van der Waals surface area contributed by atoms with Gasteiger partial charge in [-0.2, -0.15) is 0 Å². The van der Waals surface area contributed by atoms with Gasteiger partial charge in [-0.25, -0.2) is 0 Å². The highest BCUT2D eigenvalue weighted by Gasteiger charge is 2.10. The van der Waals surface area contributed by atoms with Crippen LogP contribution in [-0.4, -0.2) is 24.5 Å². The van der Waals surface area contributed by atoms with Gasteiger partial charge >= 0.3 is 0 Å². The van der Waals surface area contributed by atoms with Gasteiger partial charge in [0.2, 0.25) is 0 Å². The molecule has 0 bridgehead atoms. The lowest BCUT2D eigenvalue weighted by Crippen LogP contribution is -2.31. The molecule has 0 atom stereocenters. The summed E-state index contributed by atoms with van der Waals surface area (Å²) in [6.07, 6.45) is 15.9. The highest BCUT2D eigenvalue weighted by molar-refractivity contribution is 5.23. The highest BCUT2D eigenvalue weighted by atomic mass is 15.1. The molecule has 1 fully saturated rings. The number of likely N-dealkylation sites (tertiary alicyclic amines) is 1. The van der Waals surface area contributed by atoms with E-state index in [4.69, 9.17) is 0 Å². The Morgan fingerprint density at radius 2 is 1.46 bits per heavy atom. The van der Waals surface area contributed by atoms with Crippen molar-refractivity contribution in [3.05, 3.63) is 36.0 Å². The molecule has 1 heterocycles. The summed E-state index contributed by atoms with van der Waals surface area (Å²) in [5.41, 5.74) is 2.77. The van der Waals surface area contributed by atoms with Crippen molar-refractivity contribution in [3.8, 4) is 0 Å². The third-order valence-corrected chi connectivity index (χ3v) is 4.41. The monoisotopic (exact) mass is 365 g/mol. The molecule has 0 radical (unpaired) electrons. The van der Waals surface area contributed by atoms with Crippen LogP contribution in [0, 0.1) is 5.92 Å². The van der Waals surface area contributed by atoms with Crippen LogP contribution in [-0.2, 0) is 0 Å². The van der Waals surface area contributed by atoms with Crippen molar-refractivity contribution < 1.29 is 0 Å². The van der Waals surface area contributed by atoms with Crippen molar-refractivity contribution in [1.29, 1.82) is 0 Å². The first-order valence-corrected chi connectivity index (χ1v) is 10.9. The molecule has 156 valence electrons. The van der Waals surface area contributed by atoms with Crippen molar-refractivity contribution in [2.24, 2.45) is 5.92 Å². The van der Waals surface area contributed by atoms with E-state index in [1.54, 1.807) is 0 Å². The van der Waals surface area contributed by atoms with E-state index in [-0.39, 0.29) is 7.43 Å². The van der Waals surface area contributed by atoms with Gasteiger partial charge in [-0.3, -0.25) is 4.90 Å². The Kier molecular flexibility index (Phi) is 25.6. The molecular formula is C25H51N. The van der Waals surface area contributed by atoms with Crippen molar-refractivity contribution in [3.63, 3.8) is 0 Å². The second-order valence-electron chi connectivity index (χ2n) is 6.56. The molecule has 0 N–H and O–H groups in total. The molecule has 0 amide bonds. The third kappa shape index (κ3) is 15.4. The lowest BCUT2D eigenvalue weighted by atomic mass is 9.91. The fourth-order valence-electron chi connectivity index (χ4n) is 3.21. The van der Waals surface area contributed by atoms with E-state index in [2.05, 4.69) is 50.5 Å². The van der Waals surface area contributed by atoms with Crippen LogP contribution < -0.4 is 0 Å². The highest BCUT2D eigenvalue weighted by Crippen LogP contribution is 2.22. The van der Waals surface area contributed by atoms with E-state index in [9.17, 15) is 0 Å². The Morgan fingerprint density at radius 1 is 0.962 bits per heavy atom. The van der Waals surface area contributed by atoms with Gasteiger partial charge in [-0.15, -0.1) is 0 Å². The summed E-state index contributed by atoms with van der Waals surface area (Å²) in [6.45, 7) is 22.7. The molecule has 1 rings (SSSR count). The van der Waals surface area contributed by atoms with Crippen molar-refractivity contribution >= 4 is 0 Å². The topological polar surface area (TPSA) is 3.24 Å². The third-order valence-electron chi connectivity index (χ3n) is 4.41. The number of hydrogen-bond acceptors (Lipinski definition) is 1. The second kappa shape index (κ2) is 22.2. The Balaban J connectivity index is -0.000000985. The van der Waals surface area contributed by atoms with E-state index in [1.807, 2.05) is 27.7 Å². The van der Waals surface area contributed by atoms with E-state index >= 15 is 0 Å². The molecule has 0 aromatic heterocycles. The van der Waals surface area contributed by atoms with Gasteiger partial charge in [0.25, 0.3) is 0 Å². The molecule has 1 heteroatoms. The Morgan fingerprint density at radius 3 is 1.92 bits per heavy atom. The zero-order valence-electron chi connectivity index (χ0n) is 18.5. The maximum absolute atomic E-state index is 4.28. The quantitative estimate of drug-likeness (QED) is 0.370. The number of hydrogen-bond donors (Lipinski definition) is 0. The smallest absolute Gasteiger partial charge is 0.0193 e. The molecule has 0 spiro atoms. The molecule has 1 nitrogen and oxygen atoms in total. The van der Waals surface area contributed by atoms with Gasteiger partial charge in [0.05, 0.1) is 0 Å². The van der Waals surface area contributed by atoms with E-state index in [0.29, 0.717) is 5.92 Å². The lowest BCUT2D eigenvalue weighted by Gasteiger charge is -2.26. The molecule has 1 saturated heterocycles. The number of rotatable bonds is 9. The Bertz CT molecular complexity index is 339. The van der Waals surface area contributed by atoms with Crippen LogP contribution >= 0.6 is 0 Å². The van der Waals surface area contributed by atoms with Crippen LogP contribution in [0.25, 0.3) is 0 Å². The van der Waals surface area contributed by atoms with Crippen LogP contribution in [0.15, 0.2) is 36.0 Å². The minimum absolute atomic E-state index is 0. The summed E-state index contributed by atoms with van der Waals surface area (Å²) in [6, 6.07) is 0. The molecule has 0 aliphatic carbocycles. The van der Waals surface area contributed by atoms with Crippen LogP contribution in [0.4, 0.5) is 0 Å². The largest absolute Gasteiger partial charge is 0.299 e. The normalized spacial score (nSPS) is 14.8. The SMILES string of the molecule is C.C=C(/C=C\C=C(/C)CN1CCCCC1)C(CCC)CCC.CC.CC. The fraction of sp³-hybridized carbons (Fsp3) is 0.760. The Labute approximate surface area is 167 Å². The molecule has 0 unspecified atom stereocenters. The van der Waals surface area contributed by atoms with E-state index in [0.717, 1.165) is 6.54 Å². The van der Waals surface area contributed by atoms with Gasteiger partial charge < -0.3 is 0 Å². The maximum Gasteiger partial charge on any atom is 0.0193 e. The summed E-state index contributed by atoms with van der Waals surface area (Å²) in [5, 5.41) is 0.